The minimum absolute atomic E-state index is 0.0303. The molecule has 1 aliphatic heterocycles. The van der Waals surface area contributed by atoms with Gasteiger partial charge >= 0.3 is 6.03 Å². The lowest BCUT2D eigenvalue weighted by Crippen LogP contribution is -2.49. The molecule has 0 saturated carbocycles. The van der Waals surface area contributed by atoms with E-state index < -0.39 is 11.6 Å². The van der Waals surface area contributed by atoms with Crippen LogP contribution in [0.3, 0.4) is 0 Å². The summed E-state index contributed by atoms with van der Waals surface area (Å²) < 4.78 is 27.6. The van der Waals surface area contributed by atoms with Crippen LogP contribution in [0.15, 0.2) is 72.8 Å². The molecular weight excluding hydrogens is 400 g/mol. The van der Waals surface area contributed by atoms with Crippen LogP contribution in [0.25, 0.3) is 0 Å². The van der Waals surface area contributed by atoms with E-state index in [0.717, 1.165) is 18.2 Å². The number of hydrogen-bond acceptors (Lipinski definition) is 2. The molecule has 4 rings (SSSR count). The number of nitrogens with one attached hydrogen (secondary N) is 1. The molecule has 0 aromatic heterocycles. The van der Waals surface area contributed by atoms with Gasteiger partial charge in [-0.3, -0.25) is 9.69 Å². The second kappa shape index (κ2) is 8.95. The molecule has 0 bridgehead atoms. The zero-order valence-corrected chi connectivity index (χ0v) is 16.7. The SMILES string of the molecule is O=C(Nc1ccccc1N1CCCN(Cc2cc(F)ccc2F)C1=O)c1ccccc1. The number of anilines is 2. The summed E-state index contributed by atoms with van der Waals surface area (Å²) in [6, 6.07) is 18.7. The van der Waals surface area contributed by atoms with Crippen molar-refractivity contribution in [3.05, 3.63) is 95.6 Å². The molecule has 1 saturated heterocycles. The molecule has 0 radical (unpaired) electrons. The molecule has 31 heavy (non-hydrogen) atoms. The van der Waals surface area contributed by atoms with Gasteiger partial charge in [0.1, 0.15) is 11.6 Å². The van der Waals surface area contributed by atoms with Crippen molar-refractivity contribution in [2.24, 2.45) is 0 Å². The number of hydrogen-bond donors (Lipinski definition) is 1. The molecule has 1 N–H and O–H groups in total. The highest BCUT2D eigenvalue weighted by Gasteiger charge is 2.29. The standard InChI is InChI=1S/C24H21F2N3O2/c25-19-11-12-20(26)18(15-19)16-28-13-6-14-29(24(28)31)22-10-5-4-9-21(22)27-23(30)17-7-2-1-3-8-17/h1-5,7-12,15H,6,13-14,16H2,(H,27,30). The molecule has 158 valence electrons. The van der Waals surface area contributed by atoms with E-state index in [1.807, 2.05) is 6.07 Å². The van der Waals surface area contributed by atoms with Crippen LogP contribution < -0.4 is 10.2 Å². The van der Waals surface area contributed by atoms with E-state index in [0.29, 0.717) is 36.4 Å². The Hall–Kier alpha value is -3.74. The third kappa shape index (κ3) is 4.55. The fourth-order valence-corrected chi connectivity index (χ4v) is 3.62. The van der Waals surface area contributed by atoms with Crippen molar-refractivity contribution in [1.29, 1.82) is 0 Å². The van der Waals surface area contributed by atoms with Crippen LogP contribution in [-0.4, -0.2) is 29.9 Å². The van der Waals surface area contributed by atoms with Gasteiger partial charge in [-0.05, 0) is 48.9 Å². The summed E-state index contributed by atoms with van der Waals surface area (Å²) in [7, 11) is 0. The smallest absolute Gasteiger partial charge is 0.320 e. The van der Waals surface area contributed by atoms with Gasteiger partial charge in [0.05, 0.1) is 17.9 Å². The molecule has 0 unspecified atom stereocenters. The molecule has 1 heterocycles. The fraction of sp³-hybridized carbons (Fsp3) is 0.167. The number of benzene rings is 3. The third-order valence-corrected chi connectivity index (χ3v) is 5.16. The molecule has 0 spiro atoms. The molecule has 1 aliphatic rings. The summed E-state index contributed by atoms with van der Waals surface area (Å²) in [6.45, 7) is 0.862. The Morgan fingerprint density at radius 3 is 2.48 bits per heavy atom. The first-order chi connectivity index (χ1) is 15.0. The summed E-state index contributed by atoms with van der Waals surface area (Å²) in [4.78, 5) is 28.8. The maximum absolute atomic E-state index is 14.1. The van der Waals surface area contributed by atoms with E-state index in [9.17, 15) is 18.4 Å². The van der Waals surface area contributed by atoms with Gasteiger partial charge in [-0.1, -0.05) is 30.3 Å². The van der Waals surface area contributed by atoms with Crippen LogP contribution in [0.2, 0.25) is 0 Å². The molecule has 0 aliphatic carbocycles. The Kier molecular flexibility index (Phi) is 5.93. The molecule has 3 amide bonds. The number of urea groups is 1. The summed E-state index contributed by atoms with van der Waals surface area (Å²) in [6.07, 6.45) is 0.656. The highest BCUT2D eigenvalue weighted by atomic mass is 19.1. The number of nitrogens with zero attached hydrogens (tertiary/aromatic N) is 2. The number of halogens is 2. The summed E-state index contributed by atoms with van der Waals surface area (Å²) >= 11 is 0. The van der Waals surface area contributed by atoms with Gasteiger partial charge in [0.15, 0.2) is 0 Å². The predicted octanol–water partition coefficient (Wildman–Crippen LogP) is 5.05. The lowest BCUT2D eigenvalue weighted by molar-refractivity contribution is 0.102. The molecular formula is C24H21F2N3O2. The van der Waals surface area contributed by atoms with Crippen LogP contribution in [-0.2, 0) is 6.54 Å². The van der Waals surface area contributed by atoms with E-state index in [1.165, 1.54) is 4.90 Å². The van der Waals surface area contributed by atoms with Crippen molar-refractivity contribution in [1.82, 2.24) is 4.90 Å². The van der Waals surface area contributed by atoms with E-state index >= 15 is 0 Å². The lowest BCUT2D eigenvalue weighted by Gasteiger charge is -2.36. The molecule has 0 atom stereocenters. The number of para-hydroxylation sites is 2. The lowest BCUT2D eigenvalue weighted by atomic mass is 10.1. The minimum atomic E-state index is -0.554. The summed E-state index contributed by atoms with van der Waals surface area (Å²) in [5.74, 6) is -1.38. The summed E-state index contributed by atoms with van der Waals surface area (Å²) in [5, 5.41) is 2.86. The van der Waals surface area contributed by atoms with Crippen molar-refractivity contribution < 1.29 is 18.4 Å². The van der Waals surface area contributed by atoms with Gasteiger partial charge in [0.2, 0.25) is 0 Å². The Bertz CT molecular complexity index is 1100. The molecule has 3 aromatic rings. The number of carbonyl (C=O) groups is 2. The quantitative estimate of drug-likeness (QED) is 0.627. The Balaban J connectivity index is 1.56. The summed E-state index contributed by atoms with van der Waals surface area (Å²) in [5.41, 5.74) is 1.69. The first kappa shape index (κ1) is 20.5. The van der Waals surface area contributed by atoms with E-state index in [1.54, 1.807) is 53.4 Å². The van der Waals surface area contributed by atoms with Crippen molar-refractivity contribution in [2.75, 3.05) is 23.3 Å². The number of amides is 3. The largest absolute Gasteiger partial charge is 0.324 e. The topological polar surface area (TPSA) is 52.7 Å². The van der Waals surface area contributed by atoms with Crippen molar-refractivity contribution >= 4 is 23.3 Å². The van der Waals surface area contributed by atoms with Gasteiger partial charge in [0.25, 0.3) is 5.91 Å². The second-order valence-electron chi connectivity index (χ2n) is 7.28. The van der Waals surface area contributed by atoms with Crippen molar-refractivity contribution in [2.45, 2.75) is 13.0 Å². The van der Waals surface area contributed by atoms with Crippen LogP contribution in [0.1, 0.15) is 22.3 Å². The Labute approximate surface area is 178 Å². The van der Waals surface area contributed by atoms with Gasteiger partial charge in [0, 0.05) is 24.2 Å². The normalized spacial score (nSPS) is 13.9. The van der Waals surface area contributed by atoms with Crippen LogP contribution in [0, 0.1) is 11.6 Å². The average Bonchev–Trinajstić information content (AvgIpc) is 2.79. The van der Waals surface area contributed by atoms with E-state index in [2.05, 4.69) is 5.32 Å². The van der Waals surface area contributed by atoms with Crippen molar-refractivity contribution in [3.63, 3.8) is 0 Å². The van der Waals surface area contributed by atoms with Gasteiger partial charge in [-0.15, -0.1) is 0 Å². The van der Waals surface area contributed by atoms with E-state index in [4.69, 9.17) is 0 Å². The van der Waals surface area contributed by atoms with E-state index in [-0.39, 0.29) is 24.0 Å². The first-order valence-corrected chi connectivity index (χ1v) is 9.99. The highest BCUT2D eigenvalue weighted by Crippen LogP contribution is 2.29. The maximum Gasteiger partial charge on any atom is 0.324 e. The van der Waals surface area contributed by atoms with Gasteiger partial charge < -0.3 is 10.2 Å². The van der Waals surface area contributed by atoms with Crippen LogP contribution >= 0.6 is 0 Å². The number of rotatable bonds is 5. The molecule has 7 heteroatoms. The average molecular weight is 421 g/mol. The van der Waals surface area contributed by atoms with Crippen LogP contribution in [0.4, 0.5) is 25.0 Å². The molecule has 1 fully saturated rings. The first-order valence-electron chi connectivity index (χ1n) is 9.99. The predicted molar refractivity (Wildman–Crippen MR) is 115 cm³/mol. The number of carbonyl (C=O) groups excluding carboxylic acids is 2. The monoisotopic (exact) mass is 421 g/mol. The van der Waals surface area contributed by atoms with Gasteiger partial charge in [-0.25, -0.2) is 13.6 Å². The Morgan fingerprint density at radius 1 is 0.935 bits per heavy atom. The highest BCUT2D eigenvalue weighted by molar-refractivity contribution is 6.07. The van der Waals surface area contributed by atoms with Crippen molar-refractivity contribution in [3.8, 4) is 0 Å². The third-order valence-electron chi connectivity index (χ3n) is 5.16. The second-order valence-corrected chi connectivity index (χ2v) is 7.28. The van der Waals surface area contributed by atoms with Crippen LogP contribution in [0.5, 0.6) is 0 Å². The Morgan fingerprint density at radius 2 is 1.68 bits per heavy atom. The fourth-order valence-electron chi connectivity index (χ4n) is 3.62. The molecule has 5 nitrogen and oxygen atoms in total. The zero-order valence-electron chi connectivity index (χ0n) is 16.7. The van der Waals surface area contributed by atoms with Gasteiger partial charge in [-0.2, -0.15) is 0 Å². The molecule has 3 aromatic carbocycles. The maximum atomic E-state index is 14.1. The minimum Gasteiger partial charge on any atom is -0.320 e. The zero-order chi connectivity index (χ0) is 21.8.